The molecule has 3 nitrogen and oxygen atoms in total. The summed E-state index contributed by atoms with van der Waals surface area (Å²) in [5, 5.41) is 7.67. The third-order valence-electron chi connectivity index (χ3n) is 1.84. The van der Waals surface area contributed by atoms with Gasteiger partial charge in [-0.25, -0.2) is 0 Å². The lowest BCUT2D eigenvalue weighted by Gasteiger charge is -2.00. The quantitative estimate of drug-likeness (QED) is 0.783. The van der Waals surface area contributed by atoms with Crippen LogP contribution >= 0.6 is 23.1 Å². The van der Waals surface area contributed by atoms with Gasteiger partial charge in [0.2, 0.25) is 0 Å². The zero-order valence-corrected chi connectivity index (χ0v) is 10.9. The fourth-order valence-corrected chi connectivity index (χ4v) is 3.97. The van der Waals surface area contributed by atoms with E-state index in [2.05, 4.69) is 10.2 Å². The fourth-order valence-electron chi connectivity index (χ4n) is 1.12. The minimum absolute atomic E-state index is 0.647. The zero-order valence-electron chi connectivity index (χ0n) is 8.41. The van der Waals surface area contributed by atoms with Crippen molar-refractivity contribution < 1.29 is 4.21 Å². The molecule has 2 rings (SSSR count). The van der Waals surface area contributed by atoms with E-state index in [0.29, 0.717) is 5.75 Å². The van der Waals surface area contributed by atoms with E-state index < -0.39 is 10.8 Å². The van der Waals surface area contributed by atoms with Gasteiger partial charge in [-0.05, 0) is 12.1 Å². The largest absolute Gasteiger partial charge is 0.254 e. The minimum Gasteiger partial charge on any atom is -0.254 e. The summed E-state index contributed by atoms with van der Waals surface area (Å²) in [7, 11) is -0.909. The van der Waals surface area contributed by atoms with Crippen LogP contribution in [0.2, 0.25) is 0 Å². The van der Waals surface area contributed by atoms with Crippen molar-refractivity contribution in [3.63, 3.8) is 0 Å². The Kier molecular flexibility index (Phi) is 4.50. The average molecular weight is 270 g/mol. The predicted molar refractivity (Wildman–Crippen MR) is 68.4 cm³/mol. The molecule has 0 amide bonds. The number of thioether (sulfide) groups is 1. The molecule has 0 saturated heterocycles. The van der Waals surface area contributed by atoms with Crippen LogP contribution in [0.1, 0.15) is 0 Å². The van der Waals surface area contributed by atoms with E-state index in [1.54, 1.807) is 17.3 Å². The highest BCUT2D eigenvalue weighted by molar-refractivity contribution is 8.01. The van der Waals surface area contributed by atoms with Crippen molar-refractivity contribution in [3.8, 4) is 0 Å². The Morgan fingerprint density at radius 2 is 2.12 bits per heavy atom. The van der Waals surface area contributed by atoms with Crippen LogP contribution in [0.3, 0.4) is 0 Å². The molecule has 16 heavy (non-hydrogen) atoms. The lowest BCUT2D eigenvalue weighted by molar-refractivity contribution is 0.684. The summed E-state index contributed by atoms with van der Waals surface area (Å²) in [6.45, 7) is 0. The minimum atomic E-state index is -0.909. The van der Waals surface area contributed by atoms with Crippen LogP contribution in [-0.2, 0) is 10.8 Å². The Labute approximate surface area is 105 Å². The monoisotopic (exact) mass is 270 g/mol. The van der Waals surface area contributed by atoms with E-state index >= 15 is 0 Å². The van der Waals surface area contributed by atoms with E-state index in [1.165, 1.54) is 11.3 Å². The first-order chi connectivity index (χ1) is 7.86. The number of rotatable bonds is 5. The maximum atomic E-state index is 11.8. The first-order valence-electron chi connectivity index (χ1n) is 4.68. The summed E-state index contributed by atoms with van der Waals surface area (Å²) < 4.78 is 12.8. The van der Waals surface area contributed by atoms with Gasteiger partial charge >= 0.3 is 0 Å². The molecule has 1 atom stereocenters. The summed E-state index contributed by atoms with van der Waals surface area (Å²) >= 11 is 3.11. The maximum absolute atomic E-state index is 11.8. The molecule has 0 fully saturated rings. The van der Waals surface area contributed by atoms with Gasteiger partial charge in [0, 0.05) is 16.4 Å². The number of hydrogen-bond donors (Lipinski definition) is 0. The molecule has 0 aliphatic heterocycles. The van der Waals surface area contributed by atoms with Crippen LogP contribution in [0.15, 0.2) is 45.1 Å². The molecule has 1 aromatic carbocycles. The highest BCUT2D eigenvalue weighted by atomic mass is 32.2. The summed E-state index contributed by atoms with van der Waals surface area (Å²) in [5.41, 5.74) is 1.70. The first-order valence-corrected chi connectivity index (χ1v) is 7.87. The zero-order chi connectivity index (χ0) is 11.2. The summed E-state index contributed by atoms with van der Waals surface area (Å²) in [6, 6.07) is 9.53. The van der Waals surface area contributed by atoms with Gasteiger partial charge in [0.25, 0.3) is 0 Å². The highest BCUT2D eigenvalue weighted by Gasteiger charge is 2.04. The Hall–Kier alpha value is -0.720. The van der Waals surface area contributed by atoms with Crippen molar-refractivity contribution in [2.24, 2.45) is 0 Å². The van der Waals surface area contributed by atoms with Crippen LogP contribution in [0.5, 0.6) is 0 Å². The third-order valence-corrected chi connectivity index (χ3v) is 5.33. The summed E-state index contributed by atoms with van der Waals surface area (Å²) in [5.74, 6) is 1.45. The van der Waals surface area contributed by atoms with Crippen LogP contribution in [0.4, 0.5) is 0 Å². The molecular weight excluding hydrogens is 260 g/mol. The van der Waals surface area contributed by atoms with Crippen molar-refractivity contribution in [2.75, 3.05) is 11.5 Å². The smallest absolute Gasteiger partial charge is 0.174 e. The molecule has 0 radical (unpaired) electrons. The molecule has 2 aromatic rings. The van der Waals surface area contributed by atoms with Gasteiger partial charge in [-0.3, -0.25) is 4.21 Å². The van der Waals surface area contributed by atoms with E-state index in [0.717, 1.165) is 15.0 Å². The molecule has 1 aromatic heterocycles. The maximum Gasteiger partial charge on any atom is 0.174 e. The van der Waals surface area contributed by atoms with Crippen LogP contribution < -0.4 is 0 Å². The Morgan fingerprint density at radius 3 is 2.81 bits per heavy atom. The van der Waals surface area contributed by atoms with Crippen molar-refractivity contribution in [2.45, 2.75) is 9.24 Å². The molecule has 0 N–H and O–H groups in total. The topological polar surface area (TPSA) is 42.9 Å². The molecule has 6 heteroatoms. The lowest BCUT2D eigenvalue weighted by atomic mass is 10.4. The van der Waals surface area contributed by atoms with Gasteiger partial charge in [0.1, 0.15) is 5.51 Å². The summed E-state index contributed by atoms with van der Waals surface area (Å²) in [4.78, 5) is 0.889. The van der Waals surface area contributed by atoms with Gasteiger partial charge in [-0.1, -0.05) is 41.3 Å². The molecule has 0 saturated carbocycles. The Balaban J connectivity index is 1.81. The lowest BCUT2D eigenvalue weighted by Crippen LogP contribution is -2.00. The van der Waals surface area contributed by atoms with Gasteiger partial charge in [0.15, 0.2) is 4.34 Å². The van der Waals surface area contributed by atoms with Crippen LogP contribution in [-0.4, -0.2) is 25.9 Å². The predicted octanol–water partition coefficient (Wildman–Crippen LogP) is 2.44. The number of hydrogen-bond acceptors (Lipinski definition) is 5. The summed E-state index contributed by atoms with van der Waals surface area (Å²) in [6.07, 6.45) is 0. The van der Waals surface area contributed by atoms with E-state index in [4.69, 9.17) is 0 Å². The van der Waals surface area contributed by atoms with Gasteiger partial charge < -0.3 is 0 Å². The van der Waals surface area contributed by atoms with E-state index in [9.17, 15) is 4.21 Å². The molecule has 84 valence electrons. The van der Waals surface area contributed by atoms with Crippen molar-refractivity contribution in [1.82, 2.24) is 10.2 Å². The van der Waals surface area contributed by atoms with E-state index in [-0.39, 0.29) is 0 Å². The van der Waals surface area contributed by atoms with Crippen molar-refractivity contribution in [3.05, 3.63) is 35.8 Å². The molecule has 0 aliphatic carbocycles. The number of nitrogens with zero attached hydrogens (tertiary/aromatic N) is 2. The average Bonchev–Trinajstić information content (AvgIpc) is 2.83. The SMILES string of the molecule is O=S(CCSc1nncs1)c1ccccc1. The van der Waals surface area contributed by atoms with Gasteiger partial charge in [-0.15, -0.1) is 10.2 Å². The van der Waals surface area contributed by atoms with Crippen molar-refractivity contribution >= 4 is 33.9 Å². The molecule has 0 bridgehead atoms. The second-order valence-electron chi connectivity index (χ2n) is 2.92. The van der Waals surface area contributed by atoms with Crippen LogP contribution in [0, 0.1) is 0 Å². The van der Waals surface area contributed by atoms with Gasteiger partial charge in [-0.2, -0.15) is 0 Å². The molecular formula is C10H10N2OS3. The molecule has 0 spiro atoms. The number of benzene rings is 1. The number of aromatic nitrogens is 2. The Bertz CT molecular complexity index is 444. The van der Waals surface area contributed by atoms with Crippen LogP contribution in [0.25, 0.3) is 0 Å². The third kappa shape index (κ3) is 3.40. The second-order valence-corrected chi connectivity index (χ2v) is 6.66. The van der Waals surface area contributed by atoms with Gasteiger partial charge in [0.05, 0.1) is 10.8 Å². The molecule has 1 heterocycles. The molecule has 1 unspecified atom stereocenters. The fraction of sp³-hybridized carbons (Fsp3) is 0.200. The Morgan fingerprint density at radius 1 is 1.31 bits per heavy atom. The highest BCUT2D eigenvalue weighted by Crippen LogP contribution is 2.19. The first kappa shape index (κ1) is 11.8. The molecule has 0 aliphatic rings. The second kappa shape index (κ2) is 6.12. The standard InChI is InChI=1S/C10H10N2OS3/c13-16(9-4-2-1-3-5-9)7-6-14-10-12-11-8-15-10/h1-5,8H,6-7H2. The van der Waals surface area contributed by atoms with E-state index in [1.807, 2.05) is 30.3 Å². The van der Waals surface area contributed by atoms with Crippen molar-refractivity contribution in [1.29, 1.82) is 0 Å². The normalized spacial score (nSPS) is 12.5.